The number of aryl methyl sites for hydroxylation is 12. The summed E-state index contributed by atoms with van der Waals surface area (Å²) >= 11 is 11.1. The molecule has 6 aliphatic carbocycles. The number of anilines is 6. The van der Waals surface area contributed by atoms with E-state index >= 15 is 0 Å². The van der Waals surface area contributed by atoms with Crippen molar-refractivity contribution < 1.29 is 59.5 Å². The van der Waals surface area contributed by atoms with Crippen molar-refractivity contribution in [3.63, 3.8) is 0 Å². The van der Waals surface area contributed by atoms with Crippen LogP contribution in [0.15, 0.2) is 165 Å². The fourth-order valence-electron chi connectivity index (χ4n) is 18.7. The molecule has 0 saturated heterocycles. The zero-order valence-corrected chi connectivity index (χ0v) is 85.9. The normalized spacial score (nSPS) is 13.1. The van der Waals surface area contributed by atoms with Gasteiger partial charge in [0.2, 0.25) is 11.8 Å². The predicted octanol–water partition coefficient (Wildman–Crippen LogP) is 26.4. The van der Waals surface area contributed by atoms with Crippen LogP contribution in [-0.2, 0) is 86.6 Å². The van der Waals surface area contributed by atoms with E-state index in [1.165, 1.54) is 203 Å². The maximum Gasteiger partial charge on any atom is 0.262 e. The average Bonchev–Trinajstić information content (AvgIpc) is 1.65. The number of fused-ring (bicyclic) bond motifs is 6. The summed E-state index contributed by atoms with van der Waals surface area (Å²) in [7, 11) is 0. The van der Waals surface area contributed by atoms with Gasteiger partial charge in [0.05, 0.1) is 77.9 Å². The third-order valence-corrected chi connectivity index (χ3v) is 32.8. The maximum atomic E-state index is 13.7. The number of hydrogen-bond acceptors (Lipinski definition) is 22. The van der Waals surface area contributed by atoms with Crippen molar-refractivity contribution in [2.24, 2.45) is 11.8 Å². The Labute approximate surface area is 857 Å². The first-order valence-corrected chi connectivity index (χ1v) is 52.6. The molecule has 6 aliphatic rings. The van der Waals surface area contributed by atoms with Crippen LogP contribution in [0.3, 0.4) is 0 Å². The molecular formula is C110H101F7N16O6S6. The Morgan fingerprint density at radius 2 is 0.483 bits per heavy atom. The van der Waals surface area contributed by atoms with Crippen LogP contribution in [0.2, 0.25) is 0 Å². The van der Waals surface area contributed by atoms with Gasteiger partial charge in [-0.15, -0.1) is 68.0 Å². The molecule has 22 nitrogen and oxygen atoms in total. The Morgan fingerprint density at radius 3 is 0.745 bits per heavy atom. The van der Waals surface area contributed by atoms with Crippen molar-refractivity contribution >= 4 is 138 Å². The first kappa shape index (κ1) is 102. The van der Waals surface area contributed by atoms with Crippen molar-refractivity contribution in [2.75, 3.05) is 31.9 Å². The van der Waals surface area contributed by atoms with Crippen molar-refractivity contribution in [1.29, 1.82) is 0 Å². The number of carbonyl (C=O) groups excluding carboxylic acids is 6. The molecule has 12 aromatic heterocycles. The molecule has 0 bridgehead atoms. The molecule has 35 heteroatoms. The summed E-state index contributed by atoms with van der Waals surface area (Å²) in [5, 5.41) is 15.4. The molecular weight excluding hydrogens is 1970 g/mol. The number of hydrogen-bond donors (Lipinski definition) is 6. The maximum absolute atomic E-state index is 13.7. The van der Waals surface area contributed by atoms with Gasteiger partial charge in [0.15, 0.2) is 23.3 Å². The Bertz CT molecular complexity index is 7000. The van der Waals surface area contributed by atoms with Crippen molar-refractivity contribution in [3.8, 4) is 67.3 Å². The summed E-state index contributed by atoms with van der Waals surface area (Å²) in [6.07, 6.45) is 36.8. The van der Waals surface area contributed by atoms with E-state index < -0.39 is 81.0 Å². The van der Waals surface area contributed by atoms with Gasteiger partial charge in [-0.25, -0.2) is 60.6 Å². The molecule has 0 atom stereocenters. The molecule has 12 heterocycles. The summed E-state index contributed by atoms with van der Waals surface area (Å²) in [5.74, 6) is -7.35. The van der Waals surface area contributed by atoms with Crippen LogP contribution in [0, 0.1) is 94.1 Å². The van der Waals surface area contributed by atoms with Crippen LogP contribution in [0.25, 0.3) is 67.3 Å². The van der Waals surface area contributed by atoms with E-state index in [-0.39, 0.29) is 46.7 Å². The van der Waals surface area contributed by atoms with Gasteiger partial charge in [-0.1, -0.05) is 58.0 Å². The van der Waals surface area contributed by atoms with E-state index in [9.17, 15) is 59.5 Å². The van der Waals surface area contributed by atoms with E-state index in [1.807, 2.05) is 91.4 Å². The highest BCUT2D eigenvalue weighted by Gasteiger charge is 2.31. The molecule has 6 amide bonds. The highest BCUT2D eigenvalue weighted by atomic mass is 32.1. The monoisotopic (exact) mass is 2070 g/mol. The zero-order valence-electron chi connectivity index (χ0n) is 81.0. The lowest BCUT2D eigenvalue weighted by atomic mass is 10.0. The summed E-state index contributed by atoms with van der Waals surface area (Å²) in [6, 6.07) is 23.2. The second-order valence-electron chi connectivity index (χ2n) is 36.1. The third-order valence-electron chi connectivity index (χ3n) is 25.5. The quantitative estimate of drug-likeness (QED) is 0.0435. The summed E-state index contributed by atoms with van der Waals surface area (Å²) < 4.78 is 95.8. The Hall–Kier alpha value is -14.0. The molecule has 0 spiro atoms. The fraction of sp³-hybridized carbons (Fsp3) is 0.273. The van der Waals surface area contributed by atoms with E-state index in [0.29, 0.717) is 17.5 Å². The molecule has 6 N–H and O–H groups in total. The number of pyridine rings is 2. The van der Waals surface area contributed by atoms with E-state index in [1.54, 1.807) is 82.9 Å². The highest BCUT2D eigenvalue weighted by Crippen LogP contribution is 2.47. The van der Waals surface area contributed by atoms with Crippen molar-refractivity contribution in [1.82, 2.24) is 49.8 Å². The SMILES string of the molecule is Cc1sc2c(c1-c1ccc(NC(=O)C(C)C)nc1)CCC2.Cc1sc2c(c1-c1ccc(NC(=O)c3c(F)cccc3F)nc1)CCC2.Cc1sc2c(c1-c1cnc(NC(=O)C(C)C)cn1)CCC2.Cc1sc2c(c1-c1cnc(NC(=O)c3c(F)cccc3F)cn1)CCC2.Cc1sc2c(c1-c1cnc(NC(=O)c3c(F)cccc3F)cn1)CCC2.Cc1sc2c(c1-c1cnc(NC(=O)c3ccccc3F)cn1)CCC2. The van der Waals surface area contributed by atoms with Crippen molar-refractivity contribution in [2.45, 2.75) is 185 Å². The largest absolute Gasteiger partial charge is 0.310 e. The number of nitrogens with one attached hydrogen (secondary N) is 6. The first-order valence-electron chi connectivity index (χ1n) is 47.7. The number of carbonyl (C=O) groups is 6. The lowest BCUT2D eigenvalue weighted by Gasteiger charge is -2.08. The van der Waals surface area contributed by atoms with E-state index in [0.717, 1.165) is 152 Å². The molecule has 16 aromatic rings. The minimum Gasteiger partial charge on any atom is -0.310 e. The van der Waals surface area contributed by atoms with Gasteiger partial charge in [0.25, 0.3) is 23.6 Å². The molecule has 0 unspecified atom stereocenters. The lowest BCUT2D eigenvalue weighted by Crippen LogP contribution is -2.18. The van der Waals surface area contributed by atoms with Gasteiger partial charge in [-0.05, 0) is 263 Å². The van der Waals surface area contributed by atoms with Crippen LogP contribution in [0.4, 0.5) is 65.6 Å². The number of nitrogens with zero attached hydrogens (tertiary/aromatic N) is 10. The third kappa shape index (κ3) is 23.2. The summed E-state index contributed by atoms with van der Waals surface area (Å²) in [4.78, 5) is 132. The van der Waals surface area contributed by atoms with Gasteiger partial charge in [-0.2, -0.15) is 0 Å². The predicted molar refractivity (Wildman–Crippen MR) is 561 cm³/mol. The number of amides is 6. The lowest BCUT2D eigenvalue weighted by molar-refractivity contribution is -0.119. The van der Waals surface area contributed by atoms with Crippen molar-refractivity contribution in [3.05, 3.63) is 320 Å². The van der Waals surface area contributed by atoms with Gasteiger partial charge in [-0.3, -0.25) is 48.7 Å². The summed E-state index contributed by atoms with van der Waals surface area (Å²) in [5.41, 5.74) is 19.2. The molecule has 742 valence electrons. The minimum atomic E-state index is -0.920. The fourth-order valence-corrected chi connectivity index (χ4v) is 26.4. The molecule has 0 radical (unpaired) electrons. The molecule has 0 fully saturated rings. The minimum absolute atomic E-state index is 0.00264. The van der Waals surface area contributed by atoms with Crippen LogP contribution in [0.1, 0.15) is 200 Å². The number of halogens is 7. The number of benzene rings is 4. The molecule has 0 aliphatic heterocycles. The number of thiophene rings is 6. The second-order valence-corrected chi connectivity index (χ2v) is 44.0. The standard InChI is InChI=1S/C20H16F2N2OS.2C19H15F2N3OS.C19H16FN3OS.C17H20N2OS.C16H19N3OS/c1-11-18(13-4-2-7-16(13)26-11)12-8-9-17(23-10-12)24-20(25)19-14(21)5-3-6-15(19)22;2*1-10-17(11-4-2-7-15(11)26-10)14-8-23-16(9-22-14)24-19(25)18-12(20)5-3-6-13(18)21;1-11-18(13-6-4-8-16(13)25-11)15-9-22-17(10-21-15)23-19(24)12-5-2-3-7-14(12)20;1-10(2)17(20)19-15-8-7-12(9-18-15)16-11(3)21-14-6-4-5-13(14)16;1-9(2)16(20)19-14-8-17-12(7-18-14)15-10(3)21-13-6-4-5-11(13)15/h3,5-6,8-10H,2,4,7H2,1H3,(H,23,24,25);2*3,5-6,8-9H,2,4,7H2,1H3,(H,23,24,25);2-3,5,7,9-10H,4,6,8H2,1H3,(H,22,23,24);7-10H,4-6H2,1-3H3,(H,18,19,20);7-9H,4-6H2,1-3H3,(H,18,19,20). The molecule has 0 saturated carbocycles. The first-order chi connectivity index (χ1) is 69.9. The van der Waals surface area contributed by atoms with Gasteiger partial charge >= 0.3 is 0 Å². The van der Waals surface area contributed by atoms with Gasteiger partial charge < -0.3 is 31.9 Å². The van der Waals surface area contributed by atoms with E-state index in [2.05, 4.69) is 129 Å². The number of aromatic nitrogens is 10. The van der Waals surface area contributed by atoms with Gasteiger partial charge in [0, 0.05) is 127 Å². The van der Waals surface area contributed by atoms with Crippen LogP contribution in [-0.4, -0.2) is 85.3 Å². The number of rotatable bonds is 18. The van der Waals surface area contributed by atoms with Crippen LogP contribution >= 0.6 is 68.0 Å². The molecule has 22 rings (SSSR count). The highest BCUT2D eigenvalue weighted by molar-refractivity contribution is 7.14. The molecule has 4 aromatic carbocycles. The van der Waals surface area contributed by atoms with Crippen LogP contribution in [0.5, 0.6) is 0 Å². The Balaban J connectivity index is 0.000000119. The summed E-state index contributed by atoms with van der Waals surface area (Å²) in [6.45, 7) is 20.1. The average molecular weight is 2070 g/mol. The van der Waals surface area contributed by atoms with Gasteiger partial charge in [0.1, 0.15) is 69.0 Å². The topological polar surface area (TPSA) is 303 Å². The smallest absolute Gasteiger partial charge is 0.262 e. The zero-order chi connectivity index (χ0) is 102. The van der Waals surface area contributed by atoms with Crippen LogP contribution < -0.4 is 31.9 Å². The molecule has 145 heavy (non-hydrogen) atoms. The Morgan fingerprint density at radius 1 is 0.248 bits per heavy atom. The van der Waals surface area contributed by atoms with E-state index in [4.69, 9.17) is 0 Å². The Kier molecular flexibility index (Phi) is 32.2. The second kappa shape index (κ2) is 45.5.